The number of methoxy groups -OCH3 is 1. The molecule has 0 atom stereocenters. The van der Waals surface area contributed by atoms with Crippen molar-refractivity contribution in [3.05, 3.63) is 65.7 Å². The number of carbonyl (C=O) groups excluding carboxylic acids is 2. The first-order chi connectivity index (χ1) is 12.7. The average molecular weight is 352 g/mol. The summed E-state index contributed by atoms with van der Waals surface area (Å²) in [5, 5.41) is 2.87. The van der Waals surface area contributed by atoms with E-state index in [9.17, 15) is 9.59 Å². The third-order valence-electron chi connectivity index (χ3n) is 4.80. The Morgan fingerprint density at radius 3 is 2.50 bits per heavy atom. The van der Waals surface area contributed by atoms with Gasteiger partial charge in [0.25, 0.3) is 0 Å². The highest BCUT2D eigenvalue weighted by molar-refractivity contribution is 5.93. The van der Waals surface area contributed by atoms with Crippen molar-refractivity contribution < 1.29 is 14.3 Å². The van der Waals surface area contributed by atoms with Gasteiger partial charge >= 0.3 is 12.0 Å². The van der Waals surface area contributed by atoms with E-state index < -0.39 is 5.97 Å². The molecule has 5 heteroatoms. The number of amides is 2. The van der Waals surface area contributed by atoms with Crippen LogP contribution >= 0.6 is 0 Å². The van der Waals surface area contributed by atoms with Crippen molar-refractivity contribution in [2.75, 3.05) is 25.5 Å². The number of likely N-dealkylation sites (tertiary alicyclic amines) is 1. The number of piperidine rings is 1. The summed E-state index contributed by atoms with van der Waals surface area (Å²) >= 11 is 0. The normalized spacial score (nSPS) is 14.7. The summed E-state index contributed by atoms with van der Waals surface area (Å²) in [4.78, 5) is 25.9. The number of ether oxygens (including phenoxy) is 1. The highest BCUT2D eigenvalue weighted by Crippen LogP contribution is 2.22. The summed E-state index contributed by atoms with van der Waals surface area (Å²) in [6, 6.07) is 17.2. The molecule has 1 aliphatic rings. The van der Waals surface area contributed by atoms with Gasteiger partial charge in [-0.3, -0.25) is 0 Å². The smallest absolute Gasteiger partial charge is 0.337 e. The van der Waals surface area contributed by atoms with Crippen LogP contribution < -0.4 is 5.32 Å². The number of urea groups is 1. The maximum Gasteiger partial charge on any atom is 0.337 e. The molecule has 0 saturated carbocycles. The first-order valence-electron chi connectivity index (χ1n) is 8.94. The number of hydrogen-bond donors (Lipinski definition) is 1. The Labute approximate surface area is 154 Å². The predicted octanol–water partition coefficient (Wildman–Crippen LogP) is 3.96. The lowest BCUT2D eigenvalue weighted by Crippen LogP contribution is -2.41. The number of nitrogens with one attached hydrogen (secondary N) is 1. The fraction of sp³-hybridized carbons (Fsp3) is 0.333. The van der Waals surface area contributed by atoms with E-state index in [4.69, 9.17) is 4.74 Å². The Balaban J connectivity index is 1.51. The van der Waals surface area contributed by atoms with Crippen LogP contribution in [0.5, 0.6) is 0 Å². The van der Waals surface area contributed by atoms with Crippen molar-refractivity contribution in [1.82, 2.24) is 4.90 Å². The second-order valence-electron chi connectivity index (χ2n) is 6.62. The van der Waals surface area contributed by atoms with Crippen molar-refractivity contribution >= 4 is 17.7 Å². The Kier molecular flexibility index (Phi) is 5.89. The van der Waals surface area contributed by atoms with E-state index in [1.807, 2.05) is 11.0 Å². The van der Waals surface area contributed by atoms with Gasteiger partial charge < -0.3 is 15.0 Å². The first kappa shape index (κ1) is 18.0. The zero-order valence-electron chi connectivity index (χ0n) is 15.0. The minimum Gasteiger partial charge on any atom is -0.465 e. The van der Waals surface area contributed by atoms with Crippen molar-refractivity contribution in [1.29, 1.82) is 0 Å². The van der Waals surface area contributed by atoms with Crippen LogP contribution in [0, 0.1) is 5.92 Å². The fourth-order valence-electron chi connectivity index (χ4n) is 3.33. The second kappa shape index (κ2) is 8.52. The summed E-state index contributed by atoms with van der Waals surface area (Å²) in [6.07, 6.45) is 3.08. The highest BCUT2D eigenvalue weighted by Gasteiger charge is 2.23. The minimum absolute atomic E-state index is 0.120. The molecule has 2 amide bonds. The molecule has 26 heavy (non-hydrogen) atoms. The summed E-state index contributed by atoms with van der Waals surface area (Å²) in [5.74, 6) is 0.201. The number of carbonyl (C=O) groups is 2. The van der Waals surface area contributed by atoms with E-state index in [0.717, 1.165) is 32.4 Å². The van der Waals surface area contributed by atoms with Crippen LogP contribution in [-0.2, 0) is 11.2 Å². The van der Waals surface area contributed by atoms with E-state index in [1.165, 1.54) is 12.7 Å². The fourth-order valence-corrected chi connectivity index (χ4v) is 3.33. The zero-order valence-corrected chi connectivity index (χ0v) is 15.0. The highest BCUT2D eigenvalue weighted by atomic mass is 16.5. The first-order valence-corrected chi connectivity index (χ1v) is 8.94. The van der Waals surface area contributed by atoms with Gasteiger partial charge in [-0.25, -0.2) is 9.59 Å². The van der Waals surface area contributed by atoms with Gasteiger partial charge in [-0.15, -0.1) is 0 Å². The molecule has 2 aromatic carbocycles. The van der Waals surface area contributed by atoms with Gasteiger partial charge in [0.2, 0.25) is 0 Å². The summed E-state index contributed by atoms with van der Waals surface area (Å²) < 4.78 is 4.71. The maximum atomic E-state index is 12.5. The van der Waals surface area contributed by atoms with Gasteiger partial charge in [-0.1, -0.05) is 36.4 Å². The zero-order chi connectivity index (χ0) is 18.4. The molecule has 0 radical (unpaired) electrons. The SMILES string of the molecule is COC(=O)c1cccc(NC(=O)N2CCC(Cc3ccccc3)CC2)c1. The quantitative estimate of drug-likeness (QED) is 0.848. The topological polar surface area (TPSA) is 58.6 Å². The molecule has 0 aliphatic carbocycles. The number of nitrogens with zero attached hydrogens (tertiary/aromatic N) is 1. The number of benzene rings is 2. The van der Waals surface area contributed by atoms with Gasteiger partial charge in [0.15, 0.2) is 0 Å². The van der Waals surface area contributed by atoms with Gasteiger partial charge in [0.1, 0.15) is 0 Å². The van der Waals surface area contributed by atoms with Gasteiger partial charge in [0.05, 0.1) is 12.7 Å². The monoisotopic (exact) mass is 352 g/mol. The molecule has 3 rings (SSSR count). The van der Waals surface area contributed by atoms with Crippen LogP contribution in [0.1, 0.15) is 28.8 Å². The standard InChI is InChI=1S/C21H24N2O3/c1-26-20(24)18-8-5-9-19(15-18)22-21(25)23-12-10-17(11-13-23)14-16-6-3-2-4-7-16/h2-9,15,17H,10-14H2,1H3,(H,22,25). The molecule has 1 heterocycles. The molecular formula is C21H24N2O3. The third kappa shape index (κ3) is 4.63. The molecule has 136 valence electrons. The second-order valence-corrected chi connectivity index (χ2v) is 6.62. The largest absolute Gasteiger partial charge is 0.465 e. The summed E-state index contributed by atoms with van der Waals surface area (Å²) in [5.41, 5.74) is 2.38. The van der Waals surface area contributed by atoms with Gasteiger partial charge in [-0.2, -0.15) is 0 Å². The number of rotatable bonds is 4. The van der Waals surface area contributed by atoms with Crippen LogP contribution in [0.2, 0.25) is 0 Å². The third-order valence-corrected chi connectivity index (χ3v) is 4.80. The van der Waals surface area contributed by atoms with Crippen LogP contribution in [0.15, 0.2) is 54.6 Å². The van der Waals surface area contributed by atoms with Crippen LogP contribution in [0.4, 0.5) is 10.5 Å². The van der Waals surface area contributed by atoms with Gasteiger partial charge in [0, 0.05) is 18.8 Å². The molecule has 1 saturated heterocycles. The van der Waals surface area contributed by atoms with Gasteiger partial charge in [-0.05, 0) is 48.9 Å². The average Bonchev–Trinajstić information content (AvgIpc) is 2.69. The Morgan fingerprint density at radius 1 is 1.08 bits per heavy atom. The van der Waals surface area contributed by atoms with E-state index in [0.29, 0.717) is 17.2 Å². The maximum absolute atomic E-state index is 12.5. The Morgan fingerprint density at radius 2 is 1.81 bits per heavy atom. The lowest BCUT2D eigenvalue weighted by atomic mass is 9.90. The summed E-state index contributed by atoms with van der Waals surface area (Å²) in [7, 11) is 1.34. The lowest BCUT2D eigenvalue weighted by Gasteiger charge is -2.32. The molecule has 0 bridgehead atoms. The van der Waals surface area contributed by atoms with Crippen molar-refractivity contribution in [3.63, 3.8) is 0 Å². The van der Waals surface area contributed by atoms with E-state index in [1.54, 1.807) is 24.3 Å². The number of anilines is 1. The van der Waals surface area contributed by atoms with E-state index in [-0.39, 0.29) is 6.03 Å². The number of hydrogen-bond acceptors (Lipinski definition) is 3. The minimum atomic E-state index is -0.414. The molecule has 0 aromatic heterocycles. The Hall–Kier alpha value is -2.82. The predicted molar refractivity (Wildman–Crippen MR) is 101 cm³/mol. The van der Waals surface area contributed by atoms with Crippen molar-refractivity contribution in [2.45, 2.75) is 19.3 Å². The molecule has 1 aliphatic heterocycles. The van der Waals surface area contributed by atoms with Crippen LogP contribution in [0.3, 0.4) is 0 Å². The molecule has 5 nitrogen and oxygen atoms in total. The molecule has 0 spiro atoms. The van der Waals surface area contributed by atoms with E-state index >= 15 is 0 Å². The van der Waals surface area contributed by atoms with Crippen molar-refractivity contribution in [2.24, 2.45) is 5.92 Å². The van der Waals surface area contributed by atoms with Crippen molar-refractivity contribution in [3.8, 4) is 0 Å². The van der Waals surface area contributed by atoms with E-state index in [2.05, 4.69) is 29.6 Å². The molecule has 2 aromatic rings. The molecular weight excluding hydrogens is 328 g/mol. The molecule has 0 unspecified atom stereocenters. The molecule has 1 N–H and O–H groups in total. The number of esters is 1. The van der Waals surface area contributed by atoms with Crippen LogP contribution in [-0.4, -0.2) is 37.1 Å². The Bertz CT molecular complexity index is 753. The lowest BCUT2D eigenvalue weighted by molar-refractivity contribution is 0.0600. The van der Waals surface area contributed by atoms with Crippen LogP contribution in [0.25, 0.3) is 0 Å². The molecule has 1 fully saturated rings. The summed E-state index contributed by atoms with van der Waals surface area (Å²) in [6.45, 7) is 1.50.